The molecule has 1 aliphatic heterocycles. The Hall–Kier alpha value is -0.380. The molecule has 0 aliphatic carbocycles. The van der Waals surface area contributed by atoms with Crippen LogP contribution in [0.4, 0.5) is 13.2 Å². The number of rotatable bonds is 5. The summed E-state index contributed by atoms with van der Waals surface area (Å²) in [6.45, 7) is -0.608. The molecule has 0 spiro atoms. The lowest BCUT2D eigenvalue weighted by Crippen LogP contribution is -2.53. The molecule has 0 radical (unpaired) electrons. The van der Waals surface area contributed by atoms with Crippen molar-refractivity contribution in [3.05, 3.63) is 0 Å². The number of aliphatic hydroxyl groups is 1. The molecule has 1 heterocycles. The number of alkyl halides is 3. The Morgan fingerprint density at radius 2 is 2.00 bits per heavy atom. The SMILES string of the molecule is CCN(CC(F)(F)F)S(=O)(=O)N1CCCCC1CO. The summed E-state index contributed by atoms with van der Waals surface area (Å²) in [5.41, 5.74) is 0. The van der Waals surface area contributed by atoms with Crippen LogP contribution in [0, 0.1) is 0 Å². The van der Waals surface area contributed by atoms with Gasteiger partial charge in [-0.15, -0.1) is 0 Å². The standard InChI is InChI=1S/C10H19F3N2O3S/c1-2-14(8-10(11,12)13)19(17,18)15-6-4-3-5-9(15)7-16/h9,16H,2-8H2,1H3. The van der Waals surface area contributed by atoms with Gasteiger partial charge in [-0.3, -0.25) is 0 Å². The summed E-state index contributed by atoms with van der Waals surface area (Å²) < 4.78 is 63.0. The normalized spacial score (nSPS) is 22.9. The van der Waals surface area contributed by atoms with Crippen LogP contribution >= 0.6 is 0 Å². The second kappa shape index (κ2) is 6.38. The fourth-order valence-corrected chi connectivity index (χ4v) is 4.01. The number of hydrogen-bond donors (Lipinski definition) is 1. The summed E-state index contributed by atoms with van der Waals surface area (Å²) in [6, 6.07) is -0.624. The summed E-state index contributed by atoms with van der Waals surface area (Å²) >= 11 is 0. The van der Waals surface area contributed by atoms with Crippen molar-refractivity contribution in [1.29, 1.82) is 0 Å². The van der Waals surface area contributed by atoms with E-state index >= 15 is 0 Å². The maximum Gasteiger partial charge on any atom is 0.402 e. The molecule has 0 aromatic heterocycles. The van der Waals surface area contributed by atoms with E-state index < -0.39 is 29.0 Å². The van der Waals surface area contributed by atoms with Gasteiger partial charge in [0.1, 0.15) is 6.54 Å². The first-order valence-corrected chi connectivity index (χ1v) is 7.56. The number of halogens is 3. The first kappa shape index (κ1) is 16.7. The lowest BCUT2D eigenvalue weighted by molar-refractivity contribution is -0.136. The van der Waals surface area contributed by atoms with Crippen LogP contribution < -0.4 is 0 Å². The lowest BCUT2D eigenvalue weighted by Gasteiger charge is -2.37. The summed E-state index contributed by atoms with van der Waals surface area (Å²) in [6.07, 6.45) is -2.74. The minimum atomic E-state index is -4.58. The molecular formula is C10H19F3N2O3S. The molecule has 1 aliphatic rings. The molecule has 5 nitrogen and oxygen atoms in total. The van der Waals surface area contributed by atoms with Gasteiger partial charge >= 0.3 is 6.18 Å². The molecule has 0 saturated carbocycles. The maximum absolute atomic E-state index is 12.4. The van der Waals surface area contributed by atoms with Gasteiger partial charge in [0.15, 0.2) is 0 Å². The molecule has 114 valence electrons. The van der Waals surface area contributed by atoms with E-state index in [1.807, 2.05) is 0 Å². The molecule has 1 rings (SSSR count). The van der Waals surface area contributed by atoms with Crippen molar-refractivity contribution in [2.24, 2.45) is 0 Å². The third kappa shape index (κ3) is 4.30. The van der Waals surface area contributed by atoms with Crippen LogP contribution in [0.25, 0.3) is 0 Å². The molecule has 1 atom stereocenters. The van der Waals surface area contributed by atoms with Gasteiger partial charge in [-0.05, 0) is 12.8 Å². The summed E-state index contributed by atoms with van der Waals surface area (Å²) in [7, 11) is -4.18. The highest BCUT2D eigenvalue weighted by atomic mass is 32.2. The predicted octanol–water partition coefficient (Wildman–Crippen LogP) is 0.962. The van der Waals surface area contributed by atoms with Crippen molar-refractivity contribution in [2.75, 3.05) is 26.2 Å². The Labute approximate surface area is 111 Å². The van der Waals surface area contributed by atoms with Crippen molar-refractivity contribution in [1.82, 2.24) is 8.61 Å². The van der Waals surface area contributed by atoms with Crippen molar-refractivity contribution in [3.8, 4) is 0 Å². The Bertz CT molecular complexity index is 386. The van der Waals surface area contributed by atoms with Crippen LogP contribution in [-0.4, -0.2) is 60.6 Å². The molecular weight excluding hydrogens is 285 g/mol. The van der Waals surface area contributed by atoms with Crippen LogP contribution in [0.5, 0.6) is 0 Å². The van der Waals surface area contributed by atoms with Crippen molar-refractivity contribution >= 4 is 10.2 Å². The van der Waals surface area contributed by atoms with E-state index in [4.69, 9.17) is 5.11 Å². The van der Waals surface area contributed by atoms with Gasteiger partial charge in [0.25, 0.3) is 10.2 Å². The Balaban J connectivity index is 2.92. The number of aliphatic hydroxyl groups excluding tert-OH is 1. The van der Waals surface area contributed by atoms with Gasteiger partial charge in [0, 0.05) is 19.1 Å². The van der Waals surface area contributed by atoms with Gasteiger partial charge in [0.2, 0.25) is 0 Å². The van der Waals surface area contributed by atoms with Crippen LogP contribution in [0.15, 0.2) is 0 Å². The third-order valence-electron chi connectivity index (χ3n) is 3.11. The van der Waals surface area contributed by atoms with Crippen molar-refractivity contribution in [3.63, 3.8) is 0 Å². The largest absolute Gasteiger partial charge is 0.402 e. The highest BCUT2D eigenvalue weighted by molar-refractivity contribution is 7.86. The number of piperidine rings is 1. The quantitative estimate of drug-likeness (QED) is 0.823. The minimum Gasteiger partial charge on any atom is -0.395 e. The van der Waals surface area contributed by atoms with E-state index in [2.05, 4.69) is 0 Å². The Morgan fingerprint density at radius 3 is 2.47 bits per heavy atom. The molecule has 1 unspecified atom stereocenters. The highest BCUT2D eigenvalue weighted by Gasteiger charge is 2.40. The van der Waals surface area contributed by atoms with Gasteiger partial charge in [-0.2, -0.15) is 30.2 Å². The predicted molar refractivity (Wildman–Crippen MR) is 63.7 cm³/mol. The highest BCUT2D eigenvalue weighted by Crippen LogP contribution is 2.25. The fraction of sp³-hybridized carbons (Fsp3) is 1.00. The zero-order chi connectivity index (χ0) is 14.7. The molecule has 1 fully saturated rings. The van der Waals surface area contributed by atoms with Crippen molar-refractivity contribution in [2.45, 2.75) is 38.4 Å². The van der Waals surface area contributed by atoms with Gasteiger partial charge in [-0.1, -0.05) is 13.3 Å². The molecule has 9 heteroatoms. The van der Waals surface area contributed by atoms with Crippen LogP contribution in [-0.2, 0) is 10.2 Å². The van der Waals surface area contributed by atoms with E-state index in [-0.39, 0.29) is 19.7 Å². The van der Waals surface area contributed by atoms with Crippen LogP contribution in [0.3, 0.4) is 0 Å². The second-order valence-corrected chi connectivity index (χ2v) is 6.37. The topological polar surface area (TPSA) is 60.9 Å². The summed E-state index contributed by atoms with van der Waals surface area (Å²) in [4.78, 5) is 0. The average Bonchev–Trinajstić information content (AvgIpc) is 2.34. The fourth-order valence-electron chi connectivity index (χ4n) is 2.17. The molecule has 19 heavy (non-hydrogen) atoms. The molecule has 0 amide bonds. The first-order chi connectivity index (χ1) is 8.72. The molecule has 0 aromatic rings. The summed E-state index contributed by atoms with van der Waals surface area (Å²) in [5.74, 6) is 0. The van der Waals surface area contributed by atoms with E-state index in [9.17, 15) is 21.6 Å². The Morgan fingerprint density at radius 1 is 1.37 bits per heavy atom. The van der Waals surface area contributed by atoms with E-state index in [0.717, 1.165) is 10.7 Å². The van der Waals surface area contributed by atoms with Crippen molar-refractivity contribution < 1.29 is 26.7 Å². The van der Waals surface area contributed by atoms with Crippen LogP contribution in [0.1, 0.15) is 26.2 Å². The monoisotopic (exact) mass is 304 g/mol. The average molecular weight is 304 g/mol. The third-order valence-corrected chi connectivity index (χ3v) is 5.23. The zero-order valence-electron chi connectivity index (χ0n) is 10.7. The minimum absolute atomic E-state index is 0.155. The maximum atomic E-state index is 12.4. The van der Waals surface area contributed by atoms with E-state index in [1.54, 1.807) is 0 Å². The Kier molecular flexibility index (Phi) is 5.60. The number of hydrogen-bond acceptors (Lipinski definition) is 3. The number of nitrogens with zero attached hydrogens (tertiary/aromatic N) is 2. The summed E-state index contributed by atoms with van der Waals surface area (Å²) in [5, 5.41) is 9.16. The second-order valence-electron chi connectivity index (χ2n) is 4.49. The van der Waals surface area contributed by atoms with Gasteiger partial charge in [0.05, 0.1) is 6.61 Å². The lowest BCUT2D eigenvalue weighted by atomic mass is 10.1. The molecule has 1 saturated heterocycles. The first-order valence-electron chi connectivity index (χ1n) is 6.17. The molecule has 0 bridgehead atoms. The smallest absolute Gasteiger partial charge is 0.395 e. The van der Waals surface area contributed by atoms with E-state index in [1.165, 1.54) is 6.92 Å². The van der Waals surface area contributed by atoms with Gasteiger partial charge < -0.3 is 5.11 Å². The van der Waals surface area contributed by atoms with E-state index in [0.29, 0.717) is 17.1 Å². The zero-order valence-corrected chi connectivity index (χ0v) is 11.5. The molecule has 0 aromatic carbocycles. The molecule has 1 N–H and O–H groups in total. The van der Waals surface area contributed by atoms with Crippen LogP contribution in [0.2, 0.25) is 0 Å². The van der Waals surface area contributed by atoms with Gasteiger partial charge in [-0.25, -0.2) is 0 Å².